The highest BCUT2D eigenvalue weighted by atomic mass is 32.1. The molecule has 7 heteroatoms. The van der Waals surface area contributed by atoms with Crippen molar-refractivity contribution in [1.82, 2.24) is 10.3 Å². The number of carbonyl (C=O) groups excluding carboxylic acids is 1. The monoisotopic (exact) mass is 231 g/mol. The molecule has 0 aliphatic rings. The summed E-state index contributed by atoms with van der Waals surface area (Å²) in [5.41, 5.74) is 0.141. The number of thiazole rings is 1. The molecule has 0 aromatic carbocycles. The summed E-state index contributed by atoms with van der Waals surface area (Å²) in [6.45, 7) is 0.194. The van der Waals surface area contributed by atoms with Crippen LogP contribution in [-0.4, -0.2) is 40.9 Å². The number of carbonyl (C=O) groups is 1. The fourth-order valence-electron chi connectivity index (χ4n) is 1.03. The van der Waals surface area contributed by atoms with Crippen LogP contribution in [0.2, 0.25) is 0 Å². The summed E-state index contributed by atoms with van der Waals surface area (Å²) in [7, 11) is 1.63. The Morgan fingerprint density at radius 3 is 2.87 bits per heavy atom. The summed E-state index contributed by atoms with van der Waals surface area (Å²) >= 11 is 0.857. The summed E-state index contributed by atoms with van der Waals surface area (Å²) in [6, 6.07) is 0. The number of aliphatic hydroxyl groups excluding tert-OH is 2. The van der Waals surface area contributed by atoms with Gasteiger partial charge in [0.05, 0.1) is 11.8 Å². The van der Waals surface area contributed by atoms with E-state index in [1.807, 2.05) is 0 Å². The molecule has 1 rings (SSSR count). The topological polar surface area (TPSA) is 106 Å². The molecule has 0 amide bonds. The minimum Gasteiger partial charge on any atom is -0.542 e. The second kappa shape index (κ2) is 5.17. The van der Waals surface area contributed by atoms with E-state index in [0.29, 0.717) is 0 Å². The van der Waals surface area contributed by atoms with Crippen molar-refractivity contribution in [2.45, 2.75) is 12.2 Å². The molecule has 0 aliphatic heterocycles. The van der Waals surface area contributed by atoms with Crippen molar-refractivity contribution in [1.29, 1.82) is 0 Å². The molecule has 1 heterocycles. The van der Waals surface area contributed by atoms with E-state index in [9.17, 15) is 20.1 Å². The first-order valence-corrected chi connectivity index (χ1v) is 5.11. The van der Waals surface area contributed by atoms with Crippen LogP contribution in [-0.2, 0) is 0 Å². The Balaban J connectivity index is 2.73. The van der Waals surface area contributed by atoms with E-state index < -0.39 is 18.2 Å². The van der Waals surface area contributed by atoms with Gasteiger partial charge in [-0.3, -0.25) is 0 Å². The lowest BCUT2D eigenvalue weighted by molar-refractivity contribution is -0.255. The van der Waals surface area contributed by atoms with E-state index >= 15 is 0 Å². The van der Waals surface area contributed by atoms with Crippen LogP contribution in [0.1, 0.15) is 21.6 Å². The fourth-order valence-corrected chi connectivity index (χ4v) is 1.71. The average molecular weight is 231 g/mol. The fraction of sp³-hybridized carbons (Fsp3) is 0.500. The molecule has 1 aromatic heterocycles. The quantitative estimate of drug-likeness (QED) is 0.547. The lowest BCUT2D eigenvalue weighted by Crippen LogP contribution is -2.30. The van der Waals surface area contributed by atoms with Gasteiger partial charge in [0, 0.05) is 11.9 Å². The zero-order valence-corrected chi connectivity index (χ0v) is 8.82. The number of aromatic nitrogens is 1. The van der Waals surface area contributed by atoms with Gasteiger partial charge >= 0.3 is 0 Å². The van der Waals surface area contributed by atoms with Crippen LogP contribution in [0.25, 0.3) is 0 Å². The zero-order valence-electron chi connectivity index (χ0n) is 8.01. The van der Waals surface area contributed by atoms with Gasteiger partial charge in [0.2, 0.25) is 0 Å². The van der Waals surface area contributed by atoms with Gasteiger partial charge in [-0.15, -0.1) is 11.3 Å². The third-order valence-electron chi connectivity index (χ3n) is 1.78. The number of hydrogen-bond acceptors (Lipinski definition) is 7. The highest BCUT2D eigenvalue weighted by Gasteiger charge is 2.20. The van der Waals surface area contributed by atoms with Crippen molar-refractivity contribution < 1.29 is 20.1 Å². The van der Waals surface area contributed by atoms with E-state index in [4.69, 9.17) is 0 Å². The minimum atomic E-state index is -1.39. The molecule has 0 fully saturated rings. The van der Waals surface area contributed by atoms with Crippen LogP contribution >= 0.6 is 11.3 Å². The van der Waals surface area contributed by atoms with Gasteiger partial charge in [0.1, 0.15) is 17.1 Å². The molecule has 0 aliphatic carbocycles. The lowest BCUT2D eigenvalue weighted by Gasteiger charge is -2.15. The molecule has 2 unspecified atom stereocenters. The van der Waals surface area contributed by atoms with Crippen LogP contribution in [0, 0.1) is 0 Å². The Kier molecular flexibility index (Phi) is 4.15. The Bertz CT molecular complexity index is 341. The Morgan fingerprint density at radius 2 is 2.40 bits per heavy atom. The lowest BCUT2D eigenvalue weighted by atomic mass is 10.1. The summed E-state index contributed by atoms with van der Waals surface area (Å²) in [5, 5.41) is 33.2. The maximum atomic E-state index is 10.4. The van der Waals surface area contributed by atoms with Gasteiger partial charge in [0.15, 0.2) is 0 Å². The Morgan fingerprint density at radius 1 is 1.73 bits per heavy atom. The van der Waals surface area contributed by atoms with E-state index in [0.717, 1.165) is 11.3 Å². The molecule has 15 heavy (non-hydrogen) atoms. The predicted molar refractivity (Wildman–Crippen MR) is 51.3 cm³/mol. The first-order chi connectivity index (χ1) is 7.06. The van der Waals surface area contributed by atoms with Crippen LogP contribution < -0.4 is 10.4 Å². The van der Waals surface area contributed by atoms with Crippen molar-refractivity contribution in [3.8, 4) is 0 Å². The molecule has 1 aromatic rings. The van der Waals surface area contributed by atoms with Crippen molar-refractivity contribution in [2.24, 2.45) is 0 Å². The summed E-state index contributed by atoms with van der Waals surface area (Å²) in [5.74, 6) is -1.39. The van der Waals surface area contributed by atoms with Crippen LogP contribution in [0.5, 0.6) is 0 Å². The second-order valence-corrected chi connectivity index (χ2v) is 3.79. The molecule has 0 saturated carbocycles. The molecular weight excluding hydrogens is 220 g/mol. The number of rotatable bonds is 5. The van der Waals surface area contributed by atoms with Crippen molar-refractivity contribution in [2.75, 3.05) is 13.6 Å². The number of nitrogens with zero attached hydrogens (tertiary/aromatic N) is 1. The first kappa shape index (κ1) is 12.1. The number of carboxylic acid groups (broad SMARTS) is 1. The first-order valence-electron chi connectivity index (χ1n) is 4.23. The minimum absolute atomic E-state index is 0.141. The van der Waals surface area contributed by atoms with Gasteiger partial charge < -0.3 is 25.4 Å². The van der Waals surface area contributed by atoms with Crippen molar-refractivity contribution in [3.05, 3.63) is 16.1 Å². The van der Waals surface area contributed by atoms with E-state index in [1.54, 1.807) is 7.05 Å². The molecule has 0 bridgehead atoms. The highest BCUT2D eigenvalue weighted by molar-refractivity contribution is 7.11. The standard InChI is InChI=1S/C8H12N2O4S/c1-9-2-5(11)6(12)4-3-15-7(10-4)8(13)14/h3,5-6,9,11-12H,2H2,1H3,(H,13,14)/p-1. The summed E-state index contributed by atoms with van der Waals surface area (Å²) in [6.07, 6.45) is -2.21. The van der Waals surface area contributed by atoms with Crippen LogP contribution in [0.15, 0.2) is 5.38 Å². The zero-order chi connectivity index (χ0) is 11.4. The molecular formula is C8H11N2O4S-. The number of hydrogen-bond donors (Lipinski definition) is 3. The molecule has 84 valence electrons. The molecule has 2 atom stereocenters. The van der Waals surface area contributed by atoms with Gasteiger partial charge in [-0.05, 0) is 7.05 Å². The largest absolute Gasteiger partial charge is 0.542 e. The van der Waals surface area contributed by atoms with Crippen molar-refractivity contribution >= 4 is 17.3 Å². The molecule has 3 N–H and O–H groups in total. The maximum Gasteiger partial charge on any atom is 0.139 e. The second-order valence-electron chi connectivity index (χ2n) is 2.93. The van der Waals surface area contributed by atoms with Crippen LogP contribution in [0.3, 0.4) is 0 Å². The number of carboxylic acids is 1. The van der Waals surface area contributed by atoms with Crippen LogP contribution in [0.4, 0.5) is 0 Å². The molecule has 6 nitrogen and oxygen atoms in total. The third kappa shape index (κ3) is 2.96. The smallest absolute Gasteiger partial charge is 0.139 e. The molecule has 0 saturated heterocycles. The maximum absolute atomic E-state index is 10.4. The highest BCUT2D eigenvalue weighted by Crippen LogP contribution is 2.19. The van der Waals surface area contributed by atoms with Crippen molar-refractivity contribution in [3.63, 3.8) is 0 Å². The normalized spacial score (nSPS) is 14.9. The number of aromatic carboxylic acids is 1. The summed E-state index contributed by atoms with van der Waals surface area (Å²) < 4.78 is 0. The number of likely N-dealkylation sites (N-methyl/N-ethyl adjacent to an activating group) is 1. The molecule has 0 spiro atoms. The Hall–Kier alpha value is -1.02. The predicted octanol–water partition coefficient (Wildman–Crippen LogP) is -1.88. The number of nitrogens with one attached hydrogen (secondary N) is 1. The number of aliphatic hydroxyl groups is 2. The average Bonchev–Trinajstić information content (AvgIpc) is 2.65. The SMILES string of the molecule is CNCC(O)C(O)c1csc(C(=O)[O-])n1. The third-order valence-corrected chi connectivity index (χ3v) is 2.62. The van der Waals surface area contributed by atoms with E-state index in [-0.39, 0.29) is 17.2 Å². The molecule has 0 radical (unpaired) electrons. The van der Waals surface area contributed by atoms with E-state index in [2.05, 4.69) is 10.3 Å². The van der Waals surface area contributed by atoms with Gasteiger partial charge in [0.25, 0.3) is 0 Å². The summed E-state index contributed by atoms with van der Waals surface area (Å²) in [4.78, 5) is 14.0. The van der Waals surface area contributed by atoms with Gasteiger partial charge in [-0.1, -0.05) is 0 Å². The van der Waals surface area contributed by atoms with E-state index in [1.165, 1.54) is 5.38 Å². The van der Waals surface area contributed by atoms with Gasteiger partial charge in [-0.2, -0.15) is 0 Å². The van der Waals surface area contributed by atoms with Gasteiger partial charge in [-0.25, -0.2) is 4.98 Å². The Labute approximate surface area is 90.2 Å².